The monoisotopic (exact) mass is 343 g/mol. The van der Waals surface area contributed by atoms with Crippen molar-refractivity contribution < 1.29 is 13.9 Å². The molecule has 1 aromatic carbocycles. The molecule has 2 heterocycles. The number of amides is 1. The van der Waals surface area contributed by atoms with Crippen LogP contribution in [0, 0.1) is 5.82 Å². The Morgan fingerprint density at radius 2 is 2.16 bits per heavy atom. The second kappa shape index (κ2) is 6.59. The van der Waals surface area contributed by atoms with E-state index in [0.29, 0.717) is 23.4 Å². The van der Waals surface area contributed by atoms with Gasteiger partial charge in [-0.2, -0.15) is 5.10 Å². The van der Waals surface area contributed by atoms with E-state index in [1.807, 2.05) is 0 Å². The zero-order valence-corrected chi connectivity index (χ0v) is 14.1. The summed E-state index contributed by atoms with van der Waals surface area (Å²) < 4.78 is 19.5. The van der Waals surface area contributed by atoms with Gasteiger partial charge in [0.1, 0.15) is 5.82 Å². The standard InChI is InChI=1S/C19H22FN3O2/c20-14-6-4-5-13(9-14)17-16(11-21-23-17)18(24)22-15-10-19(25-12-15)7-2-1-3-8-19/h4-6,9,11,15H,1-3,7-8,10,12H2,(H,21,23)(H,22,24). The number of hydrogen-bond donors (Lipinski definition) is 2. The van der Waals surface area contributed by atoms with Crippen molar-refractivity contribution in [2.75, 3.05) is 6.61 Å². The summed E-state index contributed by atoms with van der Waals surface area (Å²) in [6.07, 6.45) is 8.19. The summed E-state index contributed by atoms with van der Waals surface area (Å²) in [6.45, 7) is 0.554. The van der Waals surface area contributed by atoms with Gasteiger partial charge in [-0.3, -0.25) is 9.89 Å². The van der Waals surface area contributed by atoms with Crippen LogP contribution in [0.25, 0.3) is 11.3 Å². The van der Waals surface area contributed by atoms with Crippen LogP contribution in [-0.2, 0) is 4.74 Å². The molecule has 0 bridgehead atoms. The maximum atomic E-state index is 13.5. The Kier molecular flexibility index (Phi) is 4.29. The number of ether oxygens (including phenoxy) is 1. The zero-order chi connectivity index (χ0) is 17.3. The van der Waals surface area contributed by atoms with Crippen LogP contribution in [0.1, 0.15) is 48.9 Å². The predicted octanol–water partition coefficient (Wildman–Crippen LogP) is 3.44. The average Bonchev–Trinajstić information content (AvgIpc) is 3.23. The molecule has 5 nitrogen and oxygen atoms in total. The molecule has 25 heavy (non-hydrogen) atoms. The third kappa shape index (κ3) is 3.31. The molecule has 2 aliphatic rings. The first-order valence-corrected chi connectivity index (χ1v) is 8.89. The molecule has 6 heteroatoms. The van der Waals surface area contributed by atoms with Crippen LogP contribution in [0.15, 0.2) is 30.5 Å². The van der Waals surface area contributed by atoms with Gasteiger partial charge in [-0.05, 0) is 31.4 Å². The normalized spacial score (nSPS) is 22.2. The first-order chi connectivity index (χ1) is 12.2. The third-order valence-electron chi connectivity index (χ3n) is 5.31. The van der Waals surface area contributed by atoms with E-state index in [9.17, 15) is 9.18 Å². The Hall–Kier alpha value is -2.21. The van der Waals surface area contributed by atoms with E-state index in [4.69, 9.17) is 4.74 Å². The minimum absolute atomic E-state index is 0.0147. The summed E-state index contributed by atoms with van der Waals surface area (Å²) >= 11 is 0. The first kappa shape index (κ1) is 16.3. The Morgan fingerprint density at radius 3 is 2.96 bits per heavy atom. The highest BCUT2D eigenvalue weighted by molar-refractivity contribution is 5.99. The van der Waals surface area contributed by atoms with E-state index >= 15 is 0 Å². The van der Waals surface area contributed by atoms with Gasteiger partial charge in [0.15, 0.2) is 0 Å². The SMILES string of the molecule is O=C(NC1COC2(CCCCC2)C1)c1cn[nH]c1-c1cccc(F)c1. The fraction of sp³-hybridized carbons (Fsp3) is 0.474. The lowest BCUT2D eigenvalue weighted by Crippen LogP contribution is -2.37. The maximum Gasteiger partial charge on any atom is 0.255 e. The largest absolute Gasteiger partial charge is 0.373 e. The summed E-state index contributed by atoms with van der Waals surface area (Å²) in [7, 11) is 0. The molecule has 1 saturated carbocycles. The van der Waals surface area contributed by atoms with Crippen molar-refractivity contribution in [2.24, 2.45) is 0 Å². The molecule has 2 N–H and O–H groups in total. The summed E-state index contributed by atoms with van der Waals surface area (Å²) in [4.78, 5) is 12.7. The predicted molar refractivity (Wildman–Crippen MR) is 91.6 cm³/mol. The van der Waals surface area contributed by atoms with E-state index in [2.05, 4.69) is 15.5 Å². The maximum absolute atomic E-state index is 13.5. The number of benzene rings is 1. The van der Waals surface area contributed by atoms with Gasteiger partial charge >= 0.3 is 0 Å². The number of rotatable bonds is 3. The molecule has 0 radical (unpaired) electrons. The smallest absolute Gasteiger partial charge is 0.255 e. The molecule has 1 aromatic heterocycles. The molecule has 1 aliphatic carbocycles. The van der Waals surface area contributed by atoms with E-state index in [1.54, 1.807) is 12.1 Å². The molecular formula is C19H22FN3O2. The van der Waals surface area contributed by atoms with Crippen molar-refractivity contribution in [3.63, 3.8) is 0 Å². The number of nitrogens with zero attached hydrogens (tertiary/aromatic N) is 1. The van der Waals surface area contributed by atoms with Gasteiger partial charge in [-0.1, -0.05) is 31.4 Å². The van der Waals surface area contributed by atoms with Crippen molar-refractivity contribution in [2.45, 2.75) is 50.2 Å². The van der Waals surface area contributed by atoms with Crippen molar-refractivity contribution in [1.29, 1.82) is 0 Å². The van der Waals surface area contributed by atoms with Crippen LogP contribution in [0.3, 0.4) is 0 Å². The number of hydrogen-bond acceptors (Lipinski definition) is 3. The molecule has 1 spiro atoms. The molecule has 1 amide bonds. The Bertz CT molecular complexity index is 768. The van der Waals surface area contributed by atoms with Crippen molar-refractivity contribution in [3.05, 3.63) is 41.8 Å². The molecular weight excluding hydrogens is 321 g/mol. The lowest BCUT2D eigenvalue weighted by atomic mass is 9.82. The van der Waals surface area contributed by atoms with Gasteiger partial charge < -0.3 is 10.1 Å². The Balaban J connectivity index is 1.47. The minimum atomic E-state index is -0.345. The van der Waals surface area contributed by atoms with Crippen LogP contribution in [0.4, 0.5) is 4.39 Å². The number of H-pyrrole nitrogens is 1. The highest BCUT2D eigenvalue weighted by atomic mass is 19.1. The van der Waals surface area contributed by atoms with Crippen LogP contribution in [0.2, 0.25) is 0 Å². The van der Waals surface area contributed by atoms with Gasteiger partial charge in [0.05, 0.1) is 35.7 Å². The summed E-state index contributed by atoms with van der Waals surface area (Å²) in [5, 5.41) is 9.83. The summed E-state index contributed by atoms with van der Waals surface area (Å²) in [6, 6.07) is 6.15. The Morgan fingerprint density at radius 1 is 1.32 bits per heavy atom. The molecule has 1 unspecified atom stereocenters. The van der Waals surface area contributed by atoms with E-state index < -0.39 is 0 Å². The van der Waals surface area contributed by atoms with Gasteiger partial charge in [0.2, 0.25) is 0 Å². The average molecular weight is 343 g/mol. The third-order valence-corrected chi connectivity index (χ3v) is 5.31. The topological polar surface area (TPSA) is 67.0 Å². The van der Waals surface area contributed by atoms with Gasteiger partial charge in [0.25, 0.3) is 5.91 Å². The van der Waals surface area contributed by atoms with Crippen LogP contribution in [0.5, 0.6) is 0 Å². The number of carbonyl (C=O) groups excluding carboxylic acids is 1. The number of aromatic nitrogens is 2. The lowest BCUT2D eigenvalue weighted by Gasteiger charge is -2.32. The Labute approximate surface area is 146 Å². The zero-order valence-electron chi connectivity index (χ0n) is 14.1. The van der Waals surface area contributed by atoms with E-state index in [1.165, 1.54) is 37.6 Å². The number of nitrogens with one attached hydrogen (secondary N) is 2. The lowest BCUT2D eigenvalue weighted by molar-refractivity contribution is -0.0246. The number of carbonyl (C=O) groups is 1. The number of aromatic amines is 1. The van der Waals surface area contributed by atoms with E-state index in [0.717, 1.165) is 19.3 Å². The van der Waals surface area contributed by atoms with Crippen molar-refractivity contribution >= 4 is 5.91 Å². The van der Waals surface area contributed by atoms with Crippen LogP contribution < -0.4 is 5.32 Å². The minimum Gasteiger partial charge on any atom is -0.373 e. The van der Waals surface area contributed by atoms with Crippen LogP contribution >= 0.6 is 0 Å². The molecule has 1 atom stereocenters. The van der Waals surface area contributed by atoms with Crippen LogP contribution in [-0.4, -0.2) is 34.4 Å². The van der Waals surface area contributed by atoms with E-state index in [-0.39, 0.29) is 23.4 Å². The fourth-order valence-electron chi connectivity index (χ4n) is 4.07. The molecule has 2 fully saturated rings. The molecule has 4 rings (SSSR count). The van der Waals surface area contributed by atoms with Crippen molar-refractivity contribution in [1.82, 2.24) is 15.5 Å². The van der Waals surface area contributed by atoms with Gasteiger partial charge in [-0.25, -0.2) is 4.39 Å². The second-order valence-corrected chi connectivity index (χ2v) is 7.10. The fourth-order valence-corrected chi connectivity index (χ4v) is 4.07. The second-order valence-electron chi connectivity index (χ2n) is 7.10. The molecule has 1 saturated heterocycles. The quantitative estimate of drug-likeness (QED) is 0.897. The summed E-state index contributed by atoms with van der Waals surface area (Å²) in [5.41, 5.74) is 1.52. The molecule has 1 aliphatic heterocycles. The van der Waals surface area contributed by atoms with Gasteiger partial charge in [-0.15, -0.1) is 0 Å². The number of halogens is 1. The highest BCUT2D eigenvalue weighted by Gasteiger charge is 2.41. The molecule has 132 valence electrons. The van der Waals surface area contributed by atoms with Gasteiger partial charge in [0, 0.05) is 5.56 Å². The van der Waals surface area contributed by atoms with Crippen molar-refractivity contribution in [3.8, 4) is 11.3 Å². The first-order valence-electron chi connectivity index (χ1n) is 8.89. The highest BCUT2D eigenvalue weighted by Crippen LogP contribution is 2.39. The molecule has 2 aromatic rings. The summed E-state index contributed by atoms with van der Waals surface area (Å²) in [5.74, 6) is -0.545.